The molecule has 2 aromatic rings. The van der Waals surface area contributed by atoms with E-state index in [9.17, 15) is 4.39 Å². The van der Waals surface area contributed by atoms with Gasteiger partial charge >= 0.3 is 0 Å². The highest BCUT2D eigenvalue weighted by Gasteiger charge is 2.22. The molecule has 0 amide bonds. The summed E-state index contributed by atoms with van der Waals surface area (Å²) in [6, 6.07) is 3.27. The summed E-state index contributed by atoms with van der Waals surface area (Å²) < 4.78 is 14.2. The number of halogens is 1. The monoisotopic (exact) mass is 289 g/mol. The van der Waals surface area contributed by atoms with Gasteiger partial charge < -0.3 is 14.9 Å². The molecule has 0 radical (unpaired) electrons. The van der Waals surface area contributed by atoms with Crippen LogP contribution < -0.4 is 9.80 Å². The van der Waals surface area contributed by atoms with Gasteiger partial charge in [0.2, 0.25) is 5.95 Å². The van der Waals surface area contributed by atoms with E-state index in [-0.39, 0.29) is 12.2 Å². The normalized spacial score (nSPS) is 15.3. The van der Waals surface area contributed by atoms with Gasteiger partial charge in [-0.25, -0.2) is 19.3 Å². The van der Waals surface area contributed by atoms with Crippen LogP contribution in [0.4, 0.5) is 16.2 Å². The van der Waals surface area contributed by atoms with E-state index in [4.69, 9.17) is 5.11 Å². The summed E-state index contributed by atoms with van der Waals surface area (Å²) in [5, 5.41) is 9.12. The number of nitrogens with zero attached hydrogens (tertiary/aromatic N) is 5. The van der Waals surface area contributed by atoms with E-state index >= 15 is 0 Å². The van der Waals surface area contributed by atoms with E-state index in [0.717, 1.165) is 0 Å². The minimum absolute atomic E-state index is 0.272. The molecule has 7 heteroatoms. The van der Waals surface area contributed by atoms with Crippen LogP contribution in [-0.2, 0) is 6.61 Å². The lowest BCUT2D eigenvalue weighted by atomic mass is 10.2. The number of hydrogen-bond donors (Lipinski definition) is 1. The van der Waals surface area contributed by atoms with Crippen molar-refractivity contribution in [3.8, 4) is 0 Å². The first-order valence-electron chi connectivity index (χ1n) is 6.80. The van der Waals surface area contributed by atoms with E-state index in [0.29, 0.717) is 37.9 Å². The Bertz CT molecular complexity index is 602. The fourth-order valence-electron chi connectivity index (χ4n) is 2.39. The summed E-state index contributed by atoms with van der Waals surface area (Å²) in [5.41, 5.74) is 0.272. The van der Waals surface area contributed by atoms with Crippen LogP contribution in [-0.4, -0.2) is 46.2 Å². The molecule has 1 saturated heterocycles. The number of aromatic nitrogens is 3. The van der Waals surface area contributed by atoms with Gasteiger partial charge in [0.05, 0.1) is 6.61 Å². The Morgan fingerprint density at radius 2 is 1.67 bits per heavy atom. The van der Waals surface area contributed by atoms with Crippen LogP contribution in [0.15, 0.2) is 30.7 Å². The van der Waals surface area contributed by atoms with E-state index in [1.165, 1.54) is 12.3 Å². The zero-order chi connectivity index (χ0) is 14.7. The largest absolute Gasteiger partial charge is 0.392 e. The molecule has 0 unspecified atom stereocenters. The fraction of sp³-hybridized carbons (Fsp3) is 0.357. The first kappa shape index (κ1) is 13.7. The van der Waals surface area contributed by atoms with Crippen LogP contribution in [0, 0.1) is 5.82 Å². The Morgan fingerprint density at radius 1 is 1.00 bits per heavy atom. The molecule has 3 heterocycles. The molecular formula is C14H16FN5O. The van der Waals surface area contributed by atoms with Gasteiger partial charge in [-0.15, -0.1) is 0 Å². The second-order valence-corrected chi connectivity index (χ2v) is 4.79. The molecule has 21 heavy (non-hydrogen) atoms. The molecule has 0 bridgehead atoms. The van der Waals surface area contributed by atoms with Gasteiger partial charge in [-0.05, 0) is 12.1 Å². The molecule has 0 aliphatic carbocycles. The summed E-state index contributed by atoms with van der Waals surface area (Å²) >= 11 is 0. The van der Waals surface area contributed by atoms with E-state index in [2.05, 4.69) is 19.9 Å². The quantitative estimate of drug-likeness (QED) is 0.903. The zero-order valence-electron chi connectivity index (χ0n) is 11.5. The molecule has 6 nitrogen and oxygen atoms in total. The smallest absolute Gasteiger partial charge is 0.225 e. The predicted molar refractivity (Wildman–Crippen MR) is 76.6 cm³/mol. The van der Waals surface area contributed by atoms with Gasteiger partial charge in [-0.1, -0.05) is 0 Å². The van der Waals surface area contributed by atoms with Crippen LogP contribution in [0.3, 0.4) is 0 Å². The fourth-order valence-corrected chi connectivity index (χ4v) is 2.39. The van der Waals surface area contributed by atoms with Crippen molar-refractivity contribution in [2.45, 2.75) is 6.61 Å². The number of rotatable bonds is 3. The molecule has 110 valence electrons. The molecule has 0 spiro atoms. The third-order valence-corrected chi connectivity index (χ3v) is 3.54. The van der Waals surface area contributed by atoms with Crippen LogP contribution >= 0.6 is 0 Å². The first-order chi connectivity index (χ1) is 10.3. The minimum atomic E-state index is -0.440. The van der Waals surface area contributed by atoms with E-state index < -0.39 is 5.82 Å². The van der Waals surface area contributed by atoms with Crippen LogP contribution in [0.5, 0.6) is 0 Å². The minimum Gasteiger partial charge on any atom is -0.392 e. The summed E-state index contributed by atoms with van der Waals surface area (Å²) in [7, 11) is 0. The molecule has 0 atom stereocenters. The van der Waals surface area contributed by atoms with Crippen molar-refractivity contribution in [2.24, 2.45) is 0 Å². The van der Waals surface area contributed by atoms with Crippen LogP contribution in [0.2, 0.25) is 0 Å². The molecular weight excluding hydrogens is 273 g/mol. The number of piperazine rings is 1. The number of aliphatic hydroxyl groups is 1. The van der Waals surface area contributed by atoms with Gasteiger partial charge in [-0.3, -0.25) is 0 Å². The van der Waals surface area contributed by atoms with Gasteiger partial charge in [0, 0.05) is 50.3 Å². The van der Waals surface area contributed by atoms with Crippen LogP contribution in [0.1, 0.15) is 5.56 Å². The number of anilines is 2. The van der Waals surface area contributed by atoms with E-state index in [1.54, 1.807) is 18.5 Å². The van der Waals surface area contributed by atoms with Crippen molar-refractivity contribution in [2.75, 3.05) is 36.0 Å². The van der Waals surface area contributed by atoms with Crippen molar-refractivity contribution < 1.29 is 9.50 Å². The SMILES string of the molecule is OCc1ccnc(N2CCN(c3ncccn3)CC2)c1F. The summed E-state index contributed by atoms with van der Waals surface area (Å²) in [6.45, 7) is 2.36. The molecule has 1 N–H and O–H groups in total. The van der Waals surface area contributed by atoms with Crippen molar-refractivity contribution in [3.05, 3.63) is 42.1 Å². The third kappa shape index (κ3) is 2.78. The maximum absolute atomic E-state index is 14.2. The Labute approximate surface area is 121 Å². The highest BCUT2D eigenvalue weighted by molar-refractivity contribution is 5.45. The summed E-state index contributed by atoms with van der Waals surface area (Å²) in [4.78, 5) is 16.5. The first-order valence-corrected chi connectivity index (χ1v) is 6.80. The average molecular weight is 289 g/mol. The van der Waals surface area contributed by atoms with Crippen molar-refractivity contribution in [3.63, 3.8) is 0 Å². The standard InChI is InChI=1S/C14H16FN5O/c15-12-11(10-21)2-5-16-13(12)19-6-8-20(9-7-19)14-17-3-1-4-18-14/h1-5,21H,6-10H2. The third-order valence-electron chi connectivity index (χ3n) is 3.54. The Morgan fingerprint density at radius 3 is 2.33 bits per heavy atom. The molecule has 0 saturated carbocycles. The lowest BCUT2D eigenvalue weighted by molar-refractivity contribution is 0.275. The molecule has 1 aliphatic heterocycles. The maximum atomic E-state index is 14.2. The topological polar surface area (TPSA) is 65.4 Å². The summed E-state index contributed by atoms with van der Waals surface area (Å²) in [6.07, 6.45) is 4.94. The van der Waals surface area contributed by atoms with Crippen molar-refractivity contribution >= 4 is 11.8 Å². The molecule has 1 fully saturated rings. The predicted octanol–water partition coefficient (Wildman–Crippen LogP) is 0.830. The van der Waals surface area contributed by atoms with Gasteiger partial charge in [0.1, 0.15) is 0 Å². The molecule has 1 aliphatic rings. The lowest BCUT2D eigenvalue weighted by Gasteiger charge is -2.35. The number of aliphatic hydroxyl groups excluding tert-OH is 1. The Kier molecular flexibility index (Phi) is 3.92. The van der Waals surface area contributed by atoms with E-state index in [1.807, 2.05) is 4.90 Å². The highest BCUT2D eigenvalue weighted by Crippen LogP contribution is 2.21. The number of pyridine rings is 1. The van der Waals surface area contributed by atoms with Gasteiger partial charge in [-0.2, -0.15) is 0 Å². The average Bonchev–Trinajstić information content (AvgIpc) is 2.56. The maximum Gasteiger partial charge on any atom is 0.225 e. The second kappa shape index (κ2) is 6.01. The van der Waals surface area contributed by atoms with Crippen LogP contribution in [0.25, 0.3) is 0 Å². The molecule has 2 aromatic heterocycles. The van der Waals surface area contributed by atoms with Gasteiger partial charge in [0.15, 0.2) is 11.6 Å². The zero-order valence-corrected chi connectivity index (χ0v) is 11.5. The van der Waals surface area contributed by atoms with Gasteiger partial charge in [0.25, 0.3) is 0 Å². The molecule has 0 aromatic carbocycles. The summed E-state index contributed by atoms with van der Waals surface area (Å²) in [5.74, 6) is 0.550. The van der Waals surface area contributed by atoms with Crippen molar-refractivity contribution in [1.29, 1.82) is 0 Å². The number of hydrogen-bond acceptors (Lipinski definition) is 6. The second-order valence-electron chi connectivity index (χ2n) is 4.79. The van der Waals surface area contributed by atoms with Crippen molar-refractivity contribution in [1.82, 2.24) is 15.0 Å². The Balaban J connectivity index is 1.72. The lowest BCUT2D eigenvalue weighted by Crippen LogP contribution is -2.47. The highest BCUT2D eigenvalue weighted by atomic mass is 19.1. The molecule has 3 rings (SSSR count). The Hall–Kier alpha value is -2.28.